The van der Waals surface area contributed by atoms with Gasteiger partial charge in [-0.3, -0.25) is 0 Å². The van der Waals surface area contributed by atoms with Gasteiger partial charge in [0.1, 0.15) is 18.3 Å². The largest absolute Gasteiger partial charge is 0.382 e. The molecule has 0 N–H and O–H groups in total. The van der Waals surface area contributed by atoms with Gasteiger partial charge in [0.2, 0.25) is 0 Å². The van der Waals surface area contributed by atoms with Gasteiger partial charge in [-0.15, -0.1) is 0 Å². The Kier molecular flexibility index (Phi) is 4.77. The van der Waals surface area contributed by atoms with Crippen LogP contribution in [0.2, 0.25) is 0 Å². The Bertz CT molecular complexity index is 163. The zero-order valence-corrected chi connectivity index (χ0v) is 9.06. The SMILES string of the molecule is COC[C@H]1OC(OC)[C@H](OC)[C@H]1OC. The molecule has 0 saturated carbocycles. The lowest BCUT2D eigenvalue weighted by Gasteiger charge is -2.20. The molecule has 0 bridgehead atoms. The van der Waals surface area contributed by atoms with Crippen LogP contribution in [-0.2, 0) is 23.7 Å². The molecular formula is C9H18O5. The van der Waals surface area contributed by atoms with Crippen molar-refractivity contribution in [2.75, 3.05) is 35.0 Å². The molecule has 0 amide bonds. The van der Waals surface area contributed by atoms with E-state index in [2.05, 4.69) is 0 Å². The Morgan fingerprint density at radius 3 is 2.00 bits per heavy atom. The van der Waals surface area contributed by atoms with Gasteiger partial charge in [0.05, 0.1) is 6.61 Å². The normalized spacial score (nSPS) is 37.7. The van der Waals surface area contributed by atoms with E-state index in [1.165, 1.54) is 0 Å². The van der Waals surface area contributed by atoms with Crippen molar-refractivity contribution < 1.29 is 23.7 Å². The Morgan fingerprint density at radius 1 is 0.929 bits per heavy atom. The molecule has 1 saturated heterocycles. The third kappa shape index (κ3) is 2.24. The van der Waals surface area contributed by atoms with E-state index < -0.39 is 0 Å². The molecule has 5 heteroatoms. The van der Waals surface area contributed by atoms with Gasteiger partial charge in [-0.25, -0.2) is 0 Å². The van der Waals surface area contributed by atoms with E-state index >= 15 is 0 Å². The third-order valence-electron chi connectivity index (χ3n) is 2.37. The summed E-state index contributed by atoms with van der Waals surface area (Å²) in [5, 5.41) is 0. The van der Waals surface area contributed by atoms with E-state index in [0.29, 0.717) is 6.61 Å². The highest BCUT2D eigenvalue weighted by molar-refractivity contribution is 4.88. The second-order valence-electron chi connectivity index (χ2n) is 3.13. The van der Waals surface area contributed by atoms with Gasteiger partial charge >= 0.3 is 0 Å². The van der Waals surface area contributed by atoms with Gasteiger partial charge in [0.25, 0.3) is 0 Å². The van der Waals surface area contributed by atoms with Crippen LogP contribution in [0.3, 0.4) is 0 Å². The van der Waals surface area contributed by atoms with Crippen molar-refractivity contribution >= 4 is 0 Å². The topological polar surface area (TPSA) is 46.2 Å². The fourth-order valence-corrected chi connectivity index (χ4v) is 1.71. The zero-order valence-electron chi connectivity index (χ0n) is 9.06. The molecule has 0 aromatic rings. The summed E-state index contributed by atoms with van der Waals surface area (Å²) in [6.45, 7) is 0.470. The molecule has 1 aliphatic heterocycles. The summed E-state index contributed by atoms with van der Waals surface area (Å²) >= 11 is 0. The lowest BCUT2D eigenvalue weighted by molar-refractivity contribution is -0.160. The van der Waals surface area contributed by atoms with Gasteiger partial charge < -0.3 is 23.7 Å². The Hall–Kier alpha value is -0.200. The molecule has 4 atom stereocenters. The number of rotatable bonds is 5. The molecule has 0 aromatic carbocycles. The van der Waals surface area contributed by atoms with Crippen LogP contribution in [-0.4, -0.2) is 59.6 Å². The fourth-order valence-electron chi connectivity index (χ4n) is 1.71. The van der Waals surface area contributed by atoms with Crippen LogP contribution in [0.1, 0.15) is 0 Å². The van der Waals surface area contributed by atoms with Crippen LogP contribution < -0.4 is 0 Å². The summed E-state index contributed by atoms with van der Waals surface area (Å²) in [5.74, 6) is 0. The predicted octanol–water partition coefficient (Wildman–Crippen LogP) is 0.0341. The summed E-state index contributed by atoms with van der Waals surface area (Å²) in [6.07, 6.45) is -0.875. The highest BCUT2D eigenvalue weighted by Gasteiger charge is 2.45. The van der Waals surface area contributed by atoms with Gasteiger partial charge in [-0.1, -0.05) is 0 Å². The number of methoxy groups -OCH3 is 4. The van der Waals surface area contributed by atoms with Gasteiger partial charge in [0, 0.05) is 28.4 Å². The minimum Gasteiger partial charge on any atom is -0.382 e. The maximum atomic E-state index is 5.56. The van der Waals surface area contributed by atoms with E-state index in [9.17, 15) is 0 Å². The molecule has 0 aromatic heterocycles. The molecular weight excluding hydrogens is 188 g/mol. The van der Waals surface area contributed by atoms with Gasteiger partial charge in [0.15, 0.2) is 6.29 Å². The first kappa shape index (κ1) is 11.9. The Balaban J connectivity index is 2.62. The Morgan fingerprint density at radius 2 is 1.57 bits per heavy atom. The first-order valence-electron chi connectivity index (χ1n) is 4.51. The molecule has 0 spiro atoms. The highest BCUT2D eigenvalue weighted by Crippen LogP contribution is 2.26. The molecule has 84 valence electrons. The molecule has 1 unspecified atom stereocenters. The van der Waals surface area contributed by atoms with E-state index in [-0.39, 0.29) is 24.6 Å². The summed E-state index contributed by atoms with van der Waals surface area (Å²) in [6, 6.07) is 0. The van der Waals surface area contributed by atoms with E-state index in [1.54, 1.807) is 28.4 Å². The second kappa shape index (κ2) is 5.63. The van der Waals surface area contributed by atoms with Crippen LogP contribution in [0.4, 0.5) is 0 Å². The predicted molar refractivity (Wildman–Crippen MR) is 49.1 cm³/mol. The van der Waals surface area contributed by atoms with E-state index in [4.69, 9.17) is 23.7 Å². The van der Waals surface area contributed by atoms with Crippen molar-refractivity contribution in [1.82, 2.24) is 0 Å². The zero-order chi connectivity index (χ0) is 10.6. The molecule has 0 radical (unpaired) electrons. The summed E-state index contributed by atoms with van der Waals surface area (Å²) < 4.78 is 26.3. The summed E-state index contributed by atoms with van der Waals surface area (Å²) in [5.41, 5.74) is 0. The van der Waals surface area contributed by atoms with Gasteiger partial charge in [-0.05, 0) is 0 Å². The van der Waals surface area contributed by atoms with Crippen LogP contribution in [0.25, 0.3) is 0 Å². The van der Waals surface area contributed by atoms with Crippen molar-refractivity contribution in [3.8, 4) is 0 Å². The minimum atomic E-state index is -0.384. The maximum Gasteiger partial charge on any atom is 0.186 e. The highest BCUT2D eigenvalue weighted by atomic mass is 16.7. The molecule has 1 fully saturated rings. The molecule has 1 heterocycles. The lowest BCUT2D eigenvalue weighted by atomic mass is 10.1. The quantitative estimate of drug-likeness (QED) is 0.635. The van der Waals surface area contributed by atoms with Crippen LogP contribution >= 0.6 is 0 Å². The number of ether oxygens (including phenoxy) is 5. The van der Waals surface area contributed by atoms with E-state index in [0.717, 1.165) is 0 Å². The number of hydrogen-bond donors (Lipinski definition) is 0. The smallest absolute Gasteiger partial charge is 0.186 e. The first-order valence-corrected chi connectivity index (χ1v) is 4.51. The van der Waals surface area contributed by atoms with Crippen molar-refractivity contribution in [3.05, 3.63) is 0 Å². The summed E-state index contributed by atoms with van der Waals surface area (Å²) in [7, 11) is 6.44. The molecule has 5 nitrogen and oxygen atoms in total. The van der Waals surface area contributed by atoms with Crippen LogP contribution in [0.15, 0.2) is 0 Å². The molecule has 14 heavy (non-hydrogen) atoms. The average molecular weight is 206 g/mol. The maximum absolute atomic E-state index is 5.56. The lowest BCUT2D eigenvalue weighted by Crippen LogP contribution is -2.37. The molecule has 1 aliphatic rings. The molecule has 0 aliphatic carbocycles. The third-order valence-corrected chi connectivity index (χ3v) is 2.37. The average Bonchev–Trinajstić information content (AvgIpc) is 2.55. The van der Waals surface area contributed by atoms with Crippen molar-refractivity contribution in [2.45, 2.75) is 24.6 Å². The number of hydrogen-bond acceptors (Lipinski definition) is 5. The monoisotopic (exact) mass is 206 g/mol. The van der Waals surface area contributed by atoms with Crippen LogP contribution in [0, 0.1) is 0 Å². The molecule has 1 rings (SSSR count). The Labute approximate surface area is 84.2 Å². The fraction of sp³-hybridized carbons (Fsp3) is 1.00. The first-order chi connectivity index (χ1) is 6.78. The minimum absolute atomic E-state index is 0.139. The van der Waals surface area contributed by atoms with Crippen molar-refractivity contribution in [1.29, 1.82) is 0 Å². The van der Waals surface area contributed by atoms with Gasteiger partial charge in [-0.2, -0.15) is 0 Å². The summed E-state index contributed by atoms with van der Waals surface area (Å²) in [4.78, 5) is 0. The van der Waals surface area contributed by atoms with Crippen molar-refractivity contribution in [3.63, 3.8) is 0 Å². The van der Waals surface area contributed by atoms with Crippen molar-refractivity contribution in [2.24, 2.45) is 0 Å². The van der Waals surface area contributed by atoms with E-state index in [1.807, 2.05) is 0 Å². The standard InChI is InChI=1S/C9H18O5/c1-10-5-6-7(11-2)8(12-3)9(13-4)14-6/h6-9H,5H2,1-4H3/t6-,7+,8-,9?/m1/s1. The second-order valence-corrected chi connectivity index (χ2v) is 3.13. The van der Waals surface area contributed by atoms with Crippen LogP contribution in [0.5, 0.6) is 0 Å².